The maximum atomic E-state index is 12.9. The molecule has 0 spiro atoms. The van der Waals surface area contributed by atoms with Gasteiger partial charge in [0.15, 0.2) is 0 Å². The van der Waals surface area contributed by atoms with Crippen molar-refractivity contribution in [3.63, 3.8) is 0 Å². The molecule has 0 aromatic heterocycles. The van der Waals surface area contributed by atoms with Crippen molar-refractivity contribution in [2.75, 3.05) is 11.5 Å². The normalized spacial score (nSPS) is 11.2. The van der Waals surface area contributed by atoms with E-state index in [4.69, 9.17) is 17.6 Å². The Kier molecular flexibility index (Phi) is 8.85. The summed E-state index contributed by atoms with van der Waals surface area (Å²) >= 11 is -4.32. The van der Waals surface area contributed by atoms with E-state index >= 15 is 0 Å². The van der Waals surface area contributed by atoms with Crippen LogP contribution >= 0.6 is 0 Å². The van der Waals surface area contributed by atoms with E-state index in [0.717, 1.165) is 25.7 Å². The summed E-state index contributed by atoms with van der Waals surface area (Å²) in [5.74, 6) is -2.07. The Hall–Kier alpha value is -2.62. The van der Waals surface area contributed by atoms with E-state index in [2.05, 4.69) is 0 Å². The van der Waals surface area contributed by atoms with Gasteiger partial charge in [0.05, 0.1) is 0 Å². The van der Waals surface area contributed by atoms with E-state index in [-0.39, 0.29) is 22.6 Å². The Morgan fingerprint density at radius 2 is 1.19 bits per heavy atom. The van der Waals surface area contributed by atoms with Crippen molar-refractivity contribution < 1.29 is 26.0 Å². The summed E-state index contributed by atoms with van der Waals surface area (Å²) in [5.41, 5.74) is 11.8. The van der Waals surface area contributed by atoms with Gasteiger partial charge in [-0.2, -0.15) is 0 Å². The van der Waals surface area contributed by atoms with E-state index in [1.807, 2.05) is 13.8 Å². The van der Waals surface area contributed by atoms with Crippen molar-refractivity contribution in [3.8, 4) is 11.5 Å². The van der Waals surface area contributed by atoms with Gasteiger partial charge in [0.1, 0.15) is 0 Å². The molecule has 8 nitrogen and oxygen atoms in total. The number of carbonyl (C=O) groups excluding carboxylic acids is 2. The third kappa shape index (κ3) is 6.68. The molecule has 0 atom stereocenters. The van der Waals surface area contributed by atoms with Crippen LogP contribution in [0.2, 0.25) is 8.87 Å². The number of carbonyl (C=O) groups is 2. The van der Waals surface area contributed by atoms with Crippen LogP contribution in [0.4, 0.5) is 11.4 Å². The topological polar surface area (TPSA) is 145 Å². The first-order valence-corrected chi connectivity index (χ1v) is 16.7. The number of unbranched alkanes of at least 4 members (excludes halogenated alkanes) is 2. The number of benzene rings is 2. The first-order chi connectivity index (χ1) is 14.7. The standard InChI is InChI=1S/2C7H7NO3.2C4H9.Sn/c2*8-4-1-2-5(7(10)11)6(9)3-4;2*1-3-4-2;/h2*1-3,9H,8H2,(H,10,11);2*1,3-4H2,2H3;/q;;;;+2/p-2. The van der Waals surface area contributed by atoms with Crippen LogP contribution in [0.1, 0.15) is 60.2 Å². The zero-order chi connectivity index (χ0) is 23.0. The zero-order valence-corrected chi connectivity index (χ0v) is 20.7. The fourth-order valence-corrected chi connectivity index (χ4v) is 12.8. The summed E-state index contributed by atoms with van der Waals surface area (Å²) in [6.07, 6.45) is 3.11. The van der Waals surface area contributed by atoms with Crippen LogP contribution in [-0.4, -0.2) is 41.4 Å². The van der Waals surface area contributed by atoms with E-state index in [9.17, 15) is 19.8 Å². The van der Waals surface area contributed by atoms with Gasteiger partial charge >= 0.3 is 187 Å². The number of nitrogens with two attached hydrogens (primary N) is 2. The van der Waals surface area contributed by atoms with Crippen LogP contribution in [-0.2, 0) is 6.15 Å². The predicted molar refractivity (Wildman–Crippen MR) is 121 cm³/mol. The second-order valence-corrected chi connectivity index (χ2v) is 16.7. The number of phenolic OH excluding ortho intramolecular Hbond substituents is 2. The molecule has 168 valence electrons. The third-order valence-electron chi connectivity index (χ3n) is 4.86. The van der Waals surface area contributed by atoms with Crippen molar-refractivity contribution in [2.24, 2.45) is 0 Å². The molecule has 0 unspecified atom stereocenters. The molecule has 2 rings (SSSR count). The van der Waals surface area contributed by atoms with Crippen molar-refractivity contribution in [2.45, 2.75) is 48.4 Å². The Balaban J connectivity index is 2.38. The summed E-state index contributed by atoms with van der Waals surface area (Å²) in [6.45, 7) is 4.00. The van der Waals surface area contributed by atoms with Gasteiger partial charge < -0.3 is 0 Å². The van der Waals surface area contributed by atoms with Crippen molar-refractivity contribution in [1.29, 1.82) is 0 Å². The van der Waals surface area contributed by atoms with Gasteiger partial charge in [-0.25, -0.2) is 0 Å². The first kappa shape index (κ1) is 24.6. The van der Waals surface area contributed by atoms with Gasteiger partial charge in [-0.15, -0.1) is 0 Å². The molecular weight excluding hydrogens is 507 g/mol. The van der Waals surface area contributed by atoms with Crippen LogP contribution in [0.25, 0.3) is 0 Å². The Morgan fingerprint density at radius 1 is 0.806 bits per heavy atom. The molecule has 6 N–H and O–H groups in total. The Labute approximate surface area is 187 Å². The van der Waals surface area contributed by atoms with Gasteiger partial charge in [0.25, 0.3) is 0 Å². The number of hydrogen-bond donors (Lipinski definition) is 4. The van der Waals surface area contributed by atoms with Crippen molar-refractivity contribution in [3.05, 3.63) is 47.5 Å². The fourth-order valence-electron chi connectivity index (χ4n) is 3.13. The SMILES string of the molecule is CCC[CH2][Sn]([CH2]CCC)([O]C(=O)c1ccc(N)cc1O)[O]C(=O)c1ccc(N)cc1O. The van der Waals surface area contributed by atoms with Crippen LogP contribution < -0.4 is 11.5 Å². The third-order valence-corrected chi connectivity index (χ3v) is 14.4. The van der Waals surface area contributed by atoms with Gasteiger partial charge in [-0.05, 0) is 0 Å². The van der Waals surface area contributed by atoms with Crippen LogP contribution in [0.15, 0.2) is 36.4 Å². The second kappa shape index (κ2) is 11.1. The number of anilines is 2. The molecule has 0 amide bonds. The Morgan fingerprint density at radius 3 is 1.52 bits per heavy atom. The average Bonchev–Trinajstić information content (AvgIpc) is 2.70. The average molecular weight is 537 g/mol. The summed E-state index contributed by atoms with van der Waals surface area (Å²) in [4.78, 5) is 25.8. The molecule has 0 saturated heterocycles. The molecule has 9 heteroatoms. The molecule has 2 aromatic carbocycles. The molecule has 0 bridgehead atoms. The molecule has 2 aromatic rings. The number of hydrogen-bond acceptors (Lipinski definition) is 8. The molecule has 0 aliphatic heterocycles. The van der Waals surface area contributed by atoms with Gasteiger partial charge in [0.2, 0.25) is 0 Å². The molecule has 0 heterocycles. The quantitative estimate of drug-likeness (QED) is 0.259. The minimum absolute atomic E-state index is 0.0327. The molecule has 0 fully saturated rings. The molecule has 0 aliphatic rings. The van der Waals surface area contributed by atoms with Gasteiger partial charge in [0, 0.05) is 0 Å². The zero-order valence-electron chi connectivity index (χ0n) is 17.9. The first-order valence-electron chi connectivity index (χ1n) is 10.3. The molecular formula is C22H30N2O6Sn. The van der Waals surface area contributed by atoms with Crippen molar-refractivity contribution >= 4 is 42.5 Å². The summed E-state index contributed by atoms with van der Waals surface area (Å²) < 4.78 is 12.8. The number of aromatic hydroxyl groups is 2. The van der Waals surface area contributed by atoms with Crippen LogP contribution in [0.5, 0.6) is 11.5 Å². The molecule has 31 heavy (non-hydrogen) atoms. The second-order valence-electron chi connectivity index (χ2n) is 7.45. The monoisotopic (exact) mass is 538 g/mol. The minimum atomic E-state index is -4.32. The van der Waals surface area contributed by atoms with E-state index in [1.54, 1.807) is 0 Å². The number of rotatable bonds is 10. The number of phenols is 2. The van der Waals surface area contributed by atoms with Crippen LogP contribution in [0, 0.1) is 0 Å². The number of nitrogen functional groups attached to an aromatic ring is 2. The summed E-state index contributed by atoms with van der Waals surface area (Å²) in [7, 11) is 0. The summed E-state index contributed by atoms with van der Waals surface area (Å²) in [6, 6.07) is 8.29. The Bertz CT molecular complexity index is 859. The van der Waals surface area contributed by atoms with E-state index in [0.29, 0.717) is 20.2 Å². The summed E-state index contributed by atoms with van der Waals surface area (Å²) in [5, 5.41) is 20.2. The van der Waals surface area contributed by atoms with Gasteiger partial charge in [-0.1, -0.05) is 0 Å². The fraction of sp³-hybridized carbons (Fsp3) is 0.364. The predicted octanol–water partition coefficient (Wildman–Crippen LogP) is 4.32. The molecule has 0 aliphatic carbocycles. The van der Waals surface area contributed by atoms with Gasteiger partial charge in [-0.3, -0.25) is 0 Å². The maximum absolute atomic E-state index is 12.9. The van der Waals surface area contributed by atoms with Crippen molar-refractivity contribution in [1.82, 2.24) is 0 Å². The van der Waals surface area contributed by atoms with E-state index in [1.165, 1.54) is 36.4 Å². The van der Waals surface area contributed by atoms with E-state index < -0.39 is 31.1 Å². The molecule has 0 saturated carbocycles. The molecule has 0 radical (unpaired) electrons. The van der Waals surface area contributed by atoms with Crippen LogP contribution in [0.3, 0.4) is 0 Å².